The van der Waals surface area contributed by atoms with E-state index in [1.165, 1.54) is 4.31 Å². The van der Waals surface area contributed by atoms with Gasteiger partial charge in [0.1, 0.15) is 0 Å². The Morgan fingerprint density at radius 2 is 1.91 bits per heavy atom. The number of hydrogen-bond donors (Lipinski definition) is 1. The van der Waals surface area contributed by atoms with Gasteiger partial charge in [-0.2, -0.15) is 4.31 Å². The molecule has 2 aromatic rings. The van der Waals surface area contributed by atoms with Crippen molar-refractivity contribution in [1.29, 1.82) is 0 Å². The van der Waals surface area contributed by atoms with Crippen molar-refractivity contribution in [1.82, 2.24) is 14.6 Å². The predicted molar refractivity (Wildman–Crippen MR) is 94.6 cm³/mol. The third-order valence-corrected chi connectivity index (χ3v) is 6.38. The minimum absolute atomic E-state index is 0. The van der Waals surface area contributed by atoms with Crippen LogP contribution in [0.15, 0.2) is 35.4 Å². The van der Waals surface area contributed by atoms with Gasteiger partial charge in [0.05, 0.1) is 10.4 Å². The number of nitrogens with one attached hydrogen (secondary N) is 1. The Labute approximate surface area is 143 Å². The number of aromatic nitrogens is 1. The highest BCUT2D eigenvalue weighted by molar-refractivity contribution is 7.89. The fourth-order valence-electron chi connectivity index (χ4n) is 3.03. The Hall–Kier alpha value is -1.21. The third-order valence-electron chi connectivity index (χ3n) is 4.41. The van der Waals surface area contributed by atoms with Gasteiger partial charge in [-0.3, -0.25) is 4.98 Å². The molecule has 1 saturated heterocycles. The number of fused-ring (bicyclic) bond motifs is 1. The van der Waals surface area contributed by atoms with Crippen LogP contribution in [0.3, 0.4) is 0 Å². The molecule has 0 atom stereocenters. The average molecular weight is 356 g/mol. The van der Waals surface area contributed by atoms with Crippen LogP contribution in [0.25, 0.3) is 10.9 Å². The molecular weight excluding hydrogens is 334 g/mol. The van der Waals surface area contributed by atoms with E-state index in [2.05, 4.69) is 10.3 Å². The first-order valence-electron chi connectivity index (χ1n) is 7.55. The first kappa shape index (κ1) is 18.1. The molecule has 0 spiro atoms. The second kappa shape index (κ2) is 7.13. The van der Waals surface area contributed by atoms with Crippen molar-refractivity contribution in [2.24, 2.45) is 0 Å². The maximum absolute atomic E-state index is 13.0. The van der Waals surface area contributed by atoms with Crippen molar-refractivity contribution in [3.63, 3.8) is 0 Å². The van der Waals surface area contributed by atoms with E-state index in [0.29, 0.717) is 10.3 Å². The smallest absolute Gasteiger partial charge is 0.243 e. The molecule has 0 saturated carbocycles. The number of halogens is 1. The van der Waals surface area contributed by atoms with Crippen molar-refractivity contribution in [2.75, 3.05) is 20.1 Å². The molecule has 0 aliphatic carbocycles. The van der Waals surface area contributed by atoms with E-state index in [1.54, 1.807) is 25.4 Å². The molecule has 0 amide bonds. The van der Waals surface area contributed by atoms with Crippen LogP contribution in [0.5, 0.6) is 0 Å². The number of pyridine rings is 1. The van der Waals surface area contributed by atoms with E-state index in [1.807, 2.05) is 19.1 Å². The summed E-state index contributed by atoms with van der Waals surface area (Å²) < 4.78 is 27.6. The largest absolute Gasteiger partial charge is 0.317 e. The lowest BCUT2D eigenvalue weighted by atomic mass is 10.1. The molecule has 5 nitrogen and oxygen atoms in total. The zero-order valence-electron chi connectivity index (χ0n) is 13.3. The van der Waals surface area contributed by atoms with Crippen LogP contribution < -0.4 is 5.32 Å². The van der Waals surface area contributed by atoms with Crippen molar-refractivity contribution in [3.05, 3.63) is 36.0 Å². The lowest BCUT2D eigenvalue weighted by molar-refractivity contribution is 0.296. The summed E-state index contributed by atoms with van der Waals surface area (Å²) in [5, 5.41) is 3.96. The highest BCUT2D eigenvalue weighted by atomic mass is 35.5. The second-order valence-corrected chi connectivity index (χ2v) is 7.75. The van der Waals surface area contributed by atoms with Crippen molar-refractivity contribution in [2.45, 2.75) is 30.7 Å². The fourth-order valence-corrected chi connectivity index (χ4v) is 4.63. The highest BCUT2D eigenvalue weighted by Gasteiger charge is 2.30. The van der Waals surface area contributed by atoms with Gasteiger partial charge < -0.3 is 5.32 Å². The number of piperidine rings is 1. The third kappa shape index (κ3) is 3.35. The molecule has 7 heteroatoms. The molecule has 3 rings (SSSR count). The molecule has 1 aromatic heterocycles. The van der Waals surface area contributed by atoms with E-state index in [9.17, 15) is 8.42 Å². The van der Waals surface area contributed by atoms with Gasteiger partial charge in [-0.05, 0) is 56.6 Å². The van der Waals surface area contributed by atoms with Crippen LogP contribution in [0.1, 0.15) is 18.4 Å². The summed E-state index contributed by atoms with van der Waals surface area (Å²) in [6.45, 7) is 3.67. The minimum Gasteiger partial charge on any atom is -0.317 e. The van der Waals surface area contributed by atoms with Gasteiger partial charge in [0, 0.05) is 24.7 Å². The van der Waals surface area contributed by atoms with Crippen molar-refractivity contribution >= 4 is 33.3 Å². The molecule has 0 radical (unpaired) electrons. The Morgan fingerprint density at radius 3 is 2.61 bits per heavy atom. The molecule has 1 N–H and O–H groups in total. The summed E-state index contributed by atoms with van der Waals surface area (Å²) in [5.74, 6) is 0. The minimum atomic E-state index is -3.52. The Balaban J connectivity index is 0.00000192. The summed E-state index contributed by atoms with van der Waals surface area (Å²) in [6, 6.07) is 7.20. The van der Waals surface area contributed by atoms with Crippen LogP contribution in [0.2, 0.25) is 0 Å². The van der Waals surface area contributed by atoms with Crippen molar-refractivity contribution in [3.8, 4) is 0 Å². The topological polar surface area (TPSA) is 62.3 Å². The van der Waals surface area contributed by atoms with E-state index in [4.69, 9.17) is 0 Å². The molecule has 1 aliphatic rings. The molecule has 1 aromatic carbocycles. The molecule has 0 bridgehead atoms. The normalized spacial score (nSPS) is 16.5. The molecular formula is C16H22ClN3O2S. The average Bonchev–Trinajstić information content (AvgIpc) is 2.55. The molecule has 23 heavy (non-hydrogen) atoms. The van der Waals surface area contributed by atoms with Crippen LogP contribution in [0, 0.1) is 6.92 Å². The van der Waals surface area contributed by atoms with Gasteiger partial charge >= 0.3 is 0 Å². The zero-order valence-corrected chi connectivity index (χ0v) is 15.0. The number of rotatable bonds is 3. The summed E-state index contributed by atoms with van der Waals surface area (Å²) in [5.41, 5.74) is 1.74. The number of aryl methyl sites for hydroxylation is 1. The highest BCUT2D eigenvalue weighted by Crippen LogP contribution is 2.28. The Bertz CT molecular complexity index is 789. The van der Waals surface area contributed by atoms with Gasteiger partial charge in [0.2, 0.25) is 10.0 Å². The second-order valence-electron chi connectivity index (χ2n) is 5.78. The number of benzene rings is 1. The SMILES string of the molecule is Cc1ccc(S(=O)(=O)N(C)C2CCNCC2)c2cccnc12.Cl. The number of nitrogens with zero attached hydrogens (tertiary/aromatic N) is 2. The van der Waals surface area contributed by atoms with E-state index >= 15 is 0 Å². The number of sulfonamides is 1. The Kier molecular flexibility index (Phi) is 5.62. The first-order chi connectivity index (χ1) is 10.5. The summed E-state index contributed by atoms with van der Waals surface area (Å²) in [6.07, 6.45) is 3.39. The van der Waals surface area contributed by atoms with Gasteiger partial charge in [-0.15, -0.1) is 12.4 Å². The Morgan fingerprint density at radius 1 is 1.22 bits per heavy atom. The fraction of sp³-hybridized carbons (Fsp3) is 0.438. The van der Waals surface area contributed by atoms with Gasteiger partial charge in [0.25, 0.3) is 0 Å². The standard InChI is InChI=1S/C16H21N3O2S.ClH/c1-12-5-6-15(14-4-3-9-18-16(12)14)22(20,21)19(2)13-7-10-17-11-8-13;/h3-6,9,13,17H,7-8,10-11H2,1-2H3;1H. The predicted octanol–water partition coefficient (Wildman–Crippen LogP) is 2.34. The summed E-state index contributed by atoms with van der Waals surface area (Å²) in [7, 11) is -1.83. The monoisotopic (exact) mass is 355 g/mol. The lowest BCUT2D eigenvalue weighted by Crippen LogP contribution is -2.43. The lowest BCUT2D eigenvalue weighted by Gasteiger charge is -2.31. The van der Waals surface area contributed by atoms with Crippen LogP contribution in [0.4, 0.5) is 0 Å². The summed E-state index contributed by atoms with van der Waals surface area (Å²) >= 11 is 0. The van der Waals surface area contributed by atoms with Crippen LogP contribution in [-0.4, -0.2) is 43.9 Å². The van der Waals surface area contributed by atoms with Gasteiger partial charge in [0.15, 0.2) is 0 Å². The molecule has 0 unspecified atom stereocenters. The molecule has 1 fully saturated rings. The van der Waals surface area contributed by atoms with Crippen LogP contribution >= 0.6 is 12.4 Å². The van der Waals surface area contributed by atoms with Crippen LogP contribution in [-0.2, 0) is 10.0 Å². The maximum atomic E-state index is 13.0. The molecule has 126 valence electrons. The quantitative estimate of drug-likeness (QED) is 0.918. The maximum Gasteiger partial charge on any atom is 0.243 e. The number of hydrogen-bond acceptors (Lipinski definition) is 4. The van der Waals surface area contributed by atoms with E-state index in [0.717, 1.165) is 37.0 Å². The van der Waals surface area contributed by atoms with E-state index in [-0.39, 0.29) is 18.4 Å². The van der Waals surface area contributed by atoms with Gasteiger partial charge in [-0.1, -0.05) is 6.07 Å². The van der Waals surface area contributed by atoms with E-state index < -0.39 is 10.0 Å². The zero-order chi connectivity index (χ0) is 15.7. The summed E-state index contributed by atoms with van der Waals surface area (Å²) in [4.78, 5) is 4.68. The molecule has 1 aliphatic heterocycles. The first-order valence-corrected chi connectivity index (χ1v) is 8.99. The van der Waals surface area contributed by atoms with Crippen molar-refractivity contribution < 1.29 is 8.42 Å². The molecule has 2 heterocycles. The van der Waals surface area contributed by atoms with Gasteiger partial charge in [-0.25, -0.2) is 8.42 Å².